The van der Waals surface area contributed by atoms with Crippen molar-refractivity contribution in [3.8, 4) is 6.07 Å². The lowest BCUT2D eigenvalue weighted by Gasteiger charge is -2.38. The molecule has 1 aliphatic heterocycles. The number of thiazole rings is 1. The van der Waals surface area contributed by atoms with Gasteiger partial charge in [-0.2, -0.15) is 5.26 Å². The Kier molecular flexibility index (Phi) is 6.06. The summed E-state index contributed by atoms with van der Waals surface area (Å²) in [6.07, 6.45) is -2.94. The van der Waals surface area contributed by atoms with Gasteiger partial charge in [-0.1, -0.05) is 42.5 Å². The number of piperazine rings is 1. The summed E-state index contributed by atoms with van der Waals surface area (Å²) in [5.41, 5.74) is 1.65. The first kappa shape index (κ1) is 20.4. The third kappa shape index (κ3) is 4.06. The molecule has 3 atom stereocenters. The molecular weight excluding hydrogens is 400 g/mol. The number of aliphatic hydroxyl groups is 2. The standard InChI is InChI=1S/C22H22N4O3S/c23-14-17(15-6-2-1-3-7-15)25-10-12-26(13-11-25)22(29)20(28)19(27)21-24-16-8-4-5-9-18(16)30-21/h1-9,17,19-20,27-28H,10-13H2. The number of aliphatic hydroxyl groups excluding tert-OH is 2. The van der Waals surface area contributed by atoms with Crippen molar-refractivity contribution in [1.29, 1.82) is 5.26 Å². The van der Waals surface area contributed by atoms with Crippen LogP contribution in [-0.4, -0.2) is 63.2 Å². The number of hydrogen-bond donors (Lipinski definition) is 2. The molecule has 2 aromatic carbocycles. The van der Waals surface area contributed by atoms with Crippen LogP contribution in [0.5, 0.6) is 0 Å². The van der Waals surface area contributed by atoms with Gasteiger partial charge in [0.05, 0.1) is 16.3 Å². The first-order valence-electron chi connectivity index (χ1n) is 9.77. The smallest absolute Gasteiger partial charge is 0.254 e. The molecule has 154 valence electrons. The van der Waals surface area contributed by atoms with E-state index in [1.54, 1.807) is 0 Å². The molecule has 0 saturated carbocycles. The number of carbonyl (C=O) groups is 1. The van der Waals surface area contributed by atoms with E-state index in [-0.39, 0.29) is 6.04 Å². The van der Waals surface area contributed by atoms with Crippen LogP contribution < -0.4 is 0 Å². The van der Waals surface area contributed by atoms with Gasteiger partial charge in [0.2, 0.25) is 0 Å². The molecule has 0 bridgehead atoms. The first-order valence-corrected chi connectivity index (χ1v) is 10.6. The number of nitrogens with zero attached hydrogens (tertiary/aromatic N) is 4. The Morgan fingerprint density at radius 3 is 2.37 bits per heavy atom. The summed E-state index contributed by atoms with van der Waals surface area (Å²) in [5.74, 6) is -0.519. The van der Waals surface area contributed by atoms with Crippen molar-refractivity contribution < 1.29 is 15.0 Å². The molecule has 0 aliphatic carbocycles. The monoisotopic (exact) mass is 422 g/mol. The van der Waals surface area contributed by atoms with Gasteiger partial charge in [-0.15, -0.1) is 11.3 Å². The number of amides is 1. The van der Waals surface area contributed by atoms with Crippen molar-refractivity contribution in [2.24, 2.45) is 0 Å². The van der Waals surface area contributed by atoms with Crippen LogP contribution in [0, 0.1) is 11.3 Å². The first-order chi connectivity index (χ1) is 14.6. The van der Waals surface area contributed by atoms with Gasteiger partial charge >= 0.3 is 0 Å². The van der Waals surface area contributed by atoms with Gasteiger partial charge in [0.15, 0.2) is 6.10 Å². The van der Waals surface area contributed by atoms with Crippen molar-refractivity contribution in [2.45, 2.75) is 18.2 Å². The van der Waals surface area contributed by atoms with Crippen LogP contribution >= 0.6 is 11.3 Å². The lowest BCUT2D eigenvalue weighted by Crippen LogP contribution is -2.52. The summed E-state index contributed by atoms with van der Waals surface area (Å²) >= 11 is 1.27. The molecule has 7 nitrogen and oxygen atoms in total. The minimum absolute atomic E-state index is 0.323. The van der Waals surface area contributed by atoms with Crippen LogP contribution in [-0.2, 0) is 4.79 Å². The molecule has 0 radical (unpaired) electrons. The minimum atomic E-state index is -1.57. The van der Waals surface area contributed by atoms with Gasteiger partial charge < -0.3 is 15.1 Å². The maximum absolute atomic E-state index is 12.8. The number of benzene rings is 2. The molecule has 3 aromatic rings. The Morgan fingerprint density at radius 1 is 1.03 bits per heavy atom. The highest BCUT2D eigenvalue weighted by Crippen LogP contribution is 2.29. The molecule has 1 saturated heterocycles. The van der Waals surface area contributed by atoms with E-state index in [1.807, 2.05) is 59.5 Å². The zero-order chi connectivity index (χ0) is 21.1. The van der Waals surface area contributed by atoms with E-state index >= 15 is 0 Å². The molecule has 0 spiro atoms. The Bertz CT molecular complexity index is 1020. The molecule has 1 amide bonds. The van der Waals surface area contributed by atoms with E-state index in [2.05, 4.69) is 11.1 Å². The normalized spacial score (nSPS) is 18.0. The fraction of sp³-hybridized carbons (Fsp3) is 0.318. The molecule has 4 rings (SSSR count). The van der Waals surface area contributed by atoms with Crippen LogP contribution in [0.2, 0.25) is 0 Å². The van der Waals surface area contributed by atoms with Gasteiger partial charge in [-0.3, -0.25) is 9.69 Å². The summed E-state index contributed by atoms with van der Waals surface area (Å²) in [4.78, 5) is 20.7. The molecule has 1 fully saturated rings. The summed E-state index contributed by atoms with van der Waals surface area (Å²) in [6, 6.07) is 19.0. The predicted octanol–water partition coefficient (Wildman–Crippen LogP) is 2.10. The average molecular weight is 423 g/mol. The van der Waals surface area contributed by atoms with Crippen LogP contribution in [0.3, 0.4) is 0 Å². The van der Waals surface area contributed by atoms with Gasteiger partial charge in [-0.25, -0.2) is 4.98 Å². The Balaban J connectivity index is 1.39. The Hall–Kier alpha value is -2.83. The van der Waals surface area contributed by atoms with Gasteiger partial charge in [0, 0.05) is 26.2 Å². The zero-order valence-corrected chi connectivity index (χ0v) is 17.1. The van der Waals surface area contributed by atoms with E-state index in [4.69, 9.17) is 0 Å². The van der Waals surface area contributed by atoms with Crippen LogP contribution in [0.25, 0.3) is 10.2 Å². The van der Waals surface area contributed by atoms with Crippen molar-refractivity contribution >= 4 is 27.5 Å². The molecular formula is C22H22N4O3S. The third-order valence-electron chi connectivity index (χ3n) is 5.34. The minimum Gasteiger partial charge on any atom is -0.383 e. The highest BCUT2D eigenvalue weighted by Gasteiger charge is 2.34. The lowest BCUT2D eigenvalue weighted by molar-refractivity contribution is -0.148. The van der Waals surface area contributed by atoms with Crippen molar-refractivity contribution in [3.05, 3.63) is 65.2 Å². The molecule has 8 heteroatoms. The second-order valence-electron chi connectivity index (χ2n) is 7.21. The van der Waals surface area contributed by atoms with E-state index in [0.29, 0.717) is 31.2 Å². The second-order valence-corrected chi connectivity index (χ2v) is 8.28. The number of para-hydroxylation sites is 1. The number of rotatable bonds is 5. The Morgan fingerprint density at radius 2 is 1.70 bits per heavy atom. The summed E-state index contributed by atoms with van der Waals surface area (Å²) in [7, 11) is 0. The summed E-state index contributed by atoms with van der Waals surface area (Å²) in [5, 5.41) is 30.9. The summed E-state index contributed by atoms with van der Waals surface area (Å²) < 4.78 is 0.892. The number of nitriles is 1. The number of fused-ring (bicyclic) bond motifs is 1. The zero-order valence-electron chi connectivity index (χ0n) is 16.3. The second kappa shape index (κ2) is 8.90. The van der Waals surface area contributed by atoms with E-state index in [9.17, 15) is 20.3 Å². The quantitative estimate of drug-likeness (QED) is 0.653. The van der Waals surface area contributed by atoms with Crippen molar-refractivity contribution in [3.63, 3.8) is 0 Å². The van der Waals surface area contributed by atoms with E-state index in [0.717, 1.165) is 15.8 Å². The maximum atomic E-state index is 12.8. The largest absolute Gasteiger partial charge is 0.383 e. The molecule has 1 aromatic heterocycles. The van der Waals surface area contributed by atoms with Crippen LogP contribution in [0.1, 0.15) is 22.7 Å². The van der Waals surface area contributed by atoms with Crippen LogP contribution in [0.4, 0.5) is 0 Å². The molecule has 1 aliphatic rings. The molecule has 2 N–H and O–H groups in total. The fourth-order valence-electron chi connectivity index (χ4n) is 3.68. The highest BCUT2D eigenvalue weighted by molar-refractivity contribution is 7.18. The third-order valence-corrected chi connectivity index (χ3v) is 6.45. The van der Waals surface area contributed by atoms with Crippen molar-refractivity contribution in [1.82, 2.24) is 14.8 Å². The summed E-state index contributed by atoms with van der Waals surface area (Å²) in [6.45, 7) is 1.80. The average Bonchev–Trinajstić information content (AvgIpc) is 3.24. The fourth-order valence-corrected chi connectivity index (χ4v) is 4.66. The van der Waals surface area contributed by atoms with Crippen LogP contribution in [0.15, 0.2) is 54.6 Å². The van der Waals surface area contributed by atoms with E-state index in [1.165, 1.54) is 16.2 Å². The topological polar surface area (TPSA) is 101 Å². The SMILES string of the molecule is N#CC(c1ccccc1)N1CCN(C(=O)C(O)C(O)c2nc3ccccc3s2)CC1. The predicted molar refractivity (Wildman–Crippen MR) is 114 cm³/mol. The molecule has 30 heavy (non-hydrogen) atoms. The molecule has 2 heterocycles. The van der Waals surface area contributed by atoms with Gasteiger partial charge in [0.25, 0.3) is 5.91 Å². The number of hydrogen-bond acceptors (Lipinski definition) is 7. The van der Waals surface area contributed by atoms with Crippen molar-refractivity contribution in [2.75, 3.05) is 26.2 Å². The highest BCUT2D eigenvalue weighted by atomic mass is 32.1. The lowest BCUT2D eigenvalue weighted by atomic mass is 10.1. The Labute approximate surface area is 178 Å². The van der Waals surface area contributed by atoms with E-state index < -0.39 is 18.1 Å². The van der Waals surface area contributed by atoms with Gasteiger partial charge in [-0.05, 0) is 17.7 Å². The molecule has 3 unspecified atom stereocenters. The number of carbonyl (C=O) groups excluding carboxylic acids is 1. The maximum Gasteiger partial charge on any atom is 0.254 e. The van der Waals surface area contributed by atoms with Gasteiger partial charge in [0.1, 0.15) is 17.2 Å². The number of aromatic nitrogens is 1.